The Kier molecular flexibility index (Phi) is 5.13. The largest absolute Gasteiger partial charge is 0.310 e. The van der Waals surface area contributed by atoms with Crippen molar-refractivity contribution in [3.63, 3.8) is 0 Å². The van der Waals surface area contributed by atoms with Gasteiger partial charge in [0.25, 0.3) is 0 Å². The van der Waals surface area contributed by atoms with E-state index in [1.54, 1.807) is 24.5 Å². The Labute approximate surface area is 131 Å². The fourth-order valence-corrected chi connectivity index (χ4v) is 2.27. The molecule has 0 aliphatic rings. The average Bonchev–Trinajstić information content (AvgIpc) is 2.43. The number of hydrogen-bond donors (Lipinski definition) is 1. The Morgan fingerprint density at radius 1 is 1.35 bits per heavy atom. The summed E-state index contributed by atoms with van der Waals surface area (Å²) in [7, 11) is 0. The second kappa shape index (κ2) is 6.66. The summed E-state index contributed by atoms with van der Waals surface area (Å²) in [5, 5.41) is 3.40. The number of nitrogens with one attached hydrogen (secondary N) is 1. The van der Waals surface area contributed by atoms with E-state index in [0.29, 0.717) is 22.6 Å². The molecule has 0 aliphatic heterocycles. The fourth-order valence-electron chi connectivity index (χ4n) is 1.80. The quantitative estimate of drug-likeness (QED) is 0.795. The zero-order chi connectivity index (χ0) is 14.7. The topological polar surface area (TPSA) is 24.9 Å². The molecule has 0 radical (unpaired) electrons. The van der Waals surface area contributed by atoms with Crippen molar-refractivity contribution in [1.82, 2.24) is 10.3 Å². The maximum atomic E-state index is 14.2. The molecule has 5 heteroatoms. The molecule has 1 heterocycles. The van der Waals surface area contributed by atoms with Crippen LogP contribution in [-0.2, 0) is 6.54 Å². The predicted molar refractivity (Wildman–Crippen MR) is 84.3 cm³/mol. The van der Waals surface area contributed by atoms with Crippen molar-refractivity contribution in [3.05, 3.63) is 51.5 Å². The van der Waals surface area contributed by atoms with Crippen LogP contribution in [-0.4, -0.2) is 11.0 Å². The molecule has 0 saturated carbocycles. The van der Waals surface area contributed by atoms with Crippen molar-refractivity contribution in [2.75, 3.05) is 0 Å². The van der Waals surface area contributed by atoms with Gasteiger partial charge in [-0.25, -0.2) is 4.39 Å². The monoisotopic (exact) mass is 356 g/mol. The molecule has 2 aromatic rings. The maximum Gasteiger partial charge on any atom is 0.150 e. The van der Waals surface area contributed by atoms with Gasteiger partial charge in [-0.2, -0.15) is 0 Å². The van der Waals surface area contributed by atoms with E-state index in [1.807, 2.05) is 6.07 Å². The normalized spacial score (nSPS) is 11.1. The van der Waals surface area contributed by atoms with Crippen LogP contribution in [0.2, 0.25) is 5.02 Å². The third kappa shape index (κ3) is 3.57. The van der Waals surface area contributed by atoms with Crippen LogP contribution in [0.15, 0.2) is 35.1 Å². The fraction of sp³-hybridized carbons (Fsp3) is 0.267. The molecule has 1 N–H and O–H groups in total. The van der Waals surface area contributed by atoms with Crippen LogP contribution < -0.4 is 5.32 Å². The summed E-state index contributed by atoms with van der Waals surface area (Å²) in [5.74, 6) is -0.434. The van der Waals surface area contributed by atoms with Gasteiger partial charge in [0.05, 0.1) is 5.02 Å². The minimum atomic E-state index is -0.434. The Morgan fingerprint density at radius 2 is 2.10 bits per heavy atom. The molecule has 2 rings (SSSR count). The minimum absolute atomic E-state index is 0.0909. The van der Waals surface area contributed by atoms with Gasteiger partial charge >= 0.3 is 0 Å². The molecule has 0 amide bonds. The van der Waals surface area contributed by atoms with Gasteiger partial charge in [-0.1, -0.05) is 31.5 Å². The van der Waals surface area contributed by atoms with Gasteiger partial charge in [0.1, 0.15) is 0 Å². The van der Waals surface area contributed by atoms with Gasteiger partial charge in [0, 0.05) is 40.6 Å². The number of aromatic nitrogens is 1. The third-order valence-electron chi connectivity index (χ3n) is 2.86. The second-order valence-electron chi connectivity index (χ2n) is 4.84. The lowest BCUT2D eigenvalue weighted by atomic mass is 10.1. The van der Waals surface area contributed by atoms with E-state index in [1.165, 1.54) is 0 Å². The molecule has 0 atom stereocenters. The molecular weight excluding hydrogens is 343 g/mol. The van der Waals surface area contributed by atoms with Gasteiger partial charge in [-0.05, 0) is 33.6 Å². The molecule has 106 valence electrons. The first-order valence-corrected chi connectivity index (χ1v) is 7.47. The van der Waals surface area contributed by atoms with Crippen molar-refractivity contribution in [1.29, 1.82) is 0 Å². The lowest BCUT2D eigenvalue weighted by Gasteiger charge is -2.10. The van der Waals surface area contributed by atoms with Crippen molar-refractivity contribution >= 4 is 27.5 Å². The van der Waals surface area contributed by atoms with Gasteiger partial charge in [0.2, 0.25) is 0 Å². The molecule has 0 spiro atoms. The maximum absolute atomic E-state index is 14.2. The van der Waals surface area contributed by atoms with Crippen LogP contribution in [0.1, 0.15) is 19.4 Å². The van der Waals surface area contributed by atoms with Gasteiger partial charge in [-0.3, -0.25) is 4.98 Å². The molecule has 20 heavy (non-hydrogen) atoms. The molecule has 0 saturated heterocycles. The highest BCUT2D eigenvalue weighted by Gasteiger charge is 2.12. The van der Waals surface area contributed by atoms with Crippen LogP contribution in [0.5, 0.6) is 0 Å². The molecule has 2 nitrogen and oxygen atoms in total. The van der Waals surface area contributed by atoms with Crippen LogP contribution in [0.4, 0.5) is 4.39 Å². The zero-order valence-corrected chi connectivity index (χ0v) is 13.6. The Balaban J connectivity index is 2.34. The first kappa shape index (κ1) is 15.4. The standard InChI is InChI=1S/C15H15BrClFN2/c1-9(2)20-7-10-5-11(8-19-6-10)12-3-4-13(16)14(17)15(12)18/h3-6,8-9,20H,7H2,1-2H3. The highest BCUT2D eigenvalue weighted by atomic mass is 79.9. The van der Waals surface area contributed by atoms with E-state index in [2.05, 4.69) is 40.1 Å². The number of pyridine rings is 1. The lowest BCUT2D eigenvalue weighted by molar-refractivity contribution is 0.588. The molecule has 0 bridgehead atoms. The van der Waals surface area contributed by atoms with Crippen molar-refractivity contribution < 1.29 is 4.39 Å². The number of benzene rings is 1. The Morgan fingerprint density at radius 3 is 2.80 bits per heavy atom. The Bertz CT molecular complexity index is 617. The van der Waals surface area contributed by atoms with E-state index < -0.39 is 5.82 Å². The molecule has 1 aromatic heterocycles. The van der Waals surface area contributed by atoms with E-state index in [4.69, 9.17) is 11.6 Å². The molecule has 0 aliphatic carbocycles. The van der Waals surface area contributed by atoms with Crippen molar-refractivity contribution in [2.45, 2.75) is 26.4 Å². The highest BCUT2D eigenvalue weighted by Crippen LogP contribution is 2.32. The van der Waals surface area contributed by atoms with E-state index in [0.717, 1.165) is 11.1 Å². The first-order chi connectivity index (χ1) is 9.49. The minimum Gasteiger partial charge on any atom is -0.310 e. The van der Waals surface area contributed by atoms with Gasteiger partial charge < -0.3 is 5.32 Å². The summed E-state index contributed by atoms with van der Waals surface area (Å²) in [5.41, 5.74) is 2.19. The lowest BCUT2D eigenvalue weighted by Crippen LogP contribution is -2.21. The third-order valence-corrected chi connectivity index (χ3v) is 4.11. The van der Waals surface area contributed by atoms with Crippen LogP contribution in [0.25, 0.3) is 11.1 Å². The number of halogens is 3. The SMILES string of the molecule is CC(C)NCc1cncc(-c2ccc(Br)c(Cl)c2F)c1. The molecule has 0 fully saturated rings. The van der Waals surface area contributed by atoms with E-state index >= 15 is 0 Å². The first-order valence-electron chi connectivity index (χ1n) is 6.30. The average molecular weight is 358 g/mol. The van der Waals surface area contributed by atoms with Crippen LogP contribution in [0, 0.1) is 5.82 Å². The zero-order valence-electron chi connectivity index (χ0n) is 11.3. The number of hydrogen-bond acceptors (Lipinski definition) is 2. The molecule has 0 unspecified atom stereocenters. The van der Waals surface area contributed by atoms with Gasteiger partial charge in [-0.15, -0.1) is 0 Å². The summed E-state index contributed by atoms with van der Waals surface area (Å²) in [4.78, 5) is 4.17. The molecular formula is C15H15BrClFN2. The van der Waals surface area contributed by atoms with Gasteiger partial charge in [0.15, 0.2) is 5.82 Å². The highest BCUT2D eigenvalue weighted by molar-refractivity contribution is 9.10. The second-order valence-corrected chi connectivity index (χ2v) is 6.07. The summed E-state index contributed by atoms with van der Waals surface area (Å²) in [6, 6.07) is 5.74. The number of rotatable bonds is 4. The van der Waals surface area contributed by atoms with Crippen molar-refractivity contribution in [2.24, 2.45) is 0 Å². The van der Waals surface area contributed by atoms with E-state index in [-0.39, 0.29) is 5.02 Å². The van der Waals surface area contributed by atoms with Crippen LogP contribution in [0.3, 0.4) is 0 Å². The predicted octanol–water partition coefficient (Wildman–Crippen LogP) is 4.80. The van der Waals surface area contributed by atoms with Crippen molar-refractivity contribution in [3.8, 4) is 11.1 Å². The van der Waals surface area contributed by atoms with Crippen LogP contribution >= 0.6 is 27.5 Å². The number of nitrogens with zero attached hydrogens (tertiary/aromatic N) is 1. The summed E-state index contributed by atoms with van der Waals surface area (Å²) < 4.78 is 14.7. The summed E-state index contributed by atoms with van der Waals surface area (Å²) in [6.07, 6.45) is 3.42. The summed E-state index contributed by atoms with van der Waals surface area (Å²) >= 11 is 9.13. The molecule has 1 aromatic carbocycles. The summed E-state index contributed by atoms with van der Waals surface area (Å²) in [6.45, 7) is 4.85. The Hall–Kier alpha value is -0.970. The smallest absolute Gasteiger partial charge is 0.150 e. The van der Waals surface area contributed by atoms with E-state index in [9.17, 15) is 4.39 Å².